The number of nitrogens with zero attached hydrogens (tertiary/aromatic N) is 1. The third-order valence-electron chi connectivity index (χ3n) is 4.41. The Balaban J connectivity index is 0.00000420. The third-order valence-corrected chi connectivity index (χ3v) is 4.41. The molecule has 1 aromatic heterocycles. The minimum Gasteiger partial charge on any atom is -0.463 e. The lowest BCUT2D eigenvalue weighted by molar-refractivity contribution is 0.0428. The van der Waals surface area contributed by atoms with Gasteiger partial charge in [-0.15, -0.1) is 24.0 Å². The lowest BCUT2D eigenvalue weighted by Crippen LogP contribution is -2.39. The lowest BCUT2D eigenvalue weighted by atomic mass is 10.0. The Kier molecular flexibility index (Phi) is 11.3. The van der Waals surface area contributed by atoms with Crippen LogP contribution < -0.4 is 10.6 Å². The smallest absolute Gasteiger partial charge is 0.191 e. The van der Waals surface area contributed by atoms with E-state index in [4.69, 9.17) is 9.15 Å². The topological polar surface area (TPSA) is 79.0 Å². The zero-order chi connectivity index (χ0) is 20.4. The first-order chi connectivity index (χ1) is 13.4. The standard InChI is InChI=1S/C22H33N3O3.HI/c1-5-23-21(25-16-22(4,26)20-13-12-17(2)28-20)24-14-9-15-27-18(3)19-10-7-6-8-11-19;/h6-8,10-13,18,26H,5,9,14-16H2,1-4H3,(H2,23,24,25);1H. The van der Waals surface area contributed by atoms with Crippen molar-refractivity contribution in [1.29, 1.82) is 0 Å². The molecule has 2 aromatic rings. The number of aryl methyl sites for hydroxylation is 1. The second kappa shape index (κ2) is 12.9. The molecule has 0 aliphatic rings. The number of aliphatic imine (C=N–C) groups is 1. The van der Waals surface area contributed by atoms with E-state index in [9.17, 15) is 5.11 Å². The van der Waals surface area contributed by atoms with Gasteiger partial charge in [-0.25, -0.2) is 4.99 Å². The maximum absolute atomic E-state index is 10.6. The van der Waals surface area contributed by atoms with Gasteiger partial charge in [-0.2, -0.15) is 0 Å². The van der Waals surface area contributed by atoms with E-state index >= 15 is 0 Å². The Morgan fingerprint density at radius 2 is 1.93 bits per heavy atom. The van der Waals surface area contributed by atoms with Crippen LogP contribution in [0, 0.1) is 6.92 Å². The highest BCUT2D eigenvalue weighted by atomic mass is 127. The summed E-state index contributed by atoms with van der Waals surface area (Å²) in [6.45, 7) is 9.97. The quantitative estimate of drug-likeness (QED) is 0.192. The van der Waals surface area contributed by atoms with Crippen molar-refractivity contribution in [2.24, 2.45) is 4.99 Å². The van der Waals surface area contributed by atoms with Crippen molar-refractivity contribution < 1.29 is 14.3 Å². The van der Waals surface area contributed by atoms with Crippen molar-refractivity contribution in [3.05, 3.63) is 59.5 Å². The van der Waals surface area contributed by atoms with Crippen LogP contribution >= 0.6 is 24.0 Å². The van der Waals surface area contributed by atoms with Gasteiger partial charge in [-0.05, 0) is 51.8 Å². The fraction of sp³-hybridized carbons (Fsp3) is 0.500. The van der Waals surface area contributed by atoms with E-state index in [0.717, 1.165) is 25.3 Å². The molecule has 162 valence electrons. The van der Waals surface area contributed by atoms with Crippen molar-refractivity contribution in [2.75, 3.05) is 26.2 Å². The summed E-state index contributed by atoms with van der Waals surface area (Å²) in [6, 6.07) is 13.8. The summed E-state index contributed by atoms with van der Waals surface area (Å²) >= 11 is 0. The summed E-state index contributed by atoms with van der Waals surface area (Å²) < 4.78 is 11.4. The molecule has 0 aliphatic carbocycles. The van der Waals surface area contributed by atoms with Gasteiger partial charge in [0.2, 0.25) is 0 Å². The molecular formula is C22H34IN3O3. The number of guanidine groups is 1. The summed E-state index contributed by atoms with van der Waals surface area (Å²) in [5.74, 6) is 1.96. The largest absolute Gasteiger partial charge is 0.463 e. The van der Waals surface area contributed by atoms with Crippen molar-refractivity contribution >= 4 is 29.9 Å². The summed E-state index contributed by atoms with van der Waals surface area (Å²) in [5, 5.41) is 17.1. The van der Waals surface area contributed by atoms with E-state index in [1.807, 2.05) is 38.1 Å². The van der Waals surface area contributed by atoms with E-state index in [-0.39, 0.29) is 36.6 Å². The molecule has 29 heavy (non-hydrogen) atoms. The Labute approximate surface area is 191 Å². The fourth-order valence-corrected chi connectivity index (χ4v) is 2.74. The number of hydrogen-bond donors (Lipinski definition) is 3. The van der Waals surface area contributed by atoms with Crippen LogP contribution in [-0.2, 0) is 10.3 Å². The number of furan rings is 1. The number of hydrogen-bond acceptors (Lipinski definition) is 4. The van der Waals surface area contributed by atoms with Gasteiger partial charge in [0.15, 0.2) is 5.96 Å². The zero-order valence-corrected chi connectivity index (χ0v) is 20.1. The Morgan fingerprint density at radius 3 is 2.55 bits per heavy atom. The SMILES string of the molecule is CCNC(=NCC(C)(O)c1ccc(C)o1)NCCCOC(C)c1ccccc1.I. The molecule has 0 aliphatic heterocycles. The van der Waals surface area contributed by atoms with E-state index < -0.39 is 5.60 Å². The predicted octanol–water partition coefficient (Wildman–Crippen LogP) is 4.14. The lowest BCUT2D eigenvalue weighted by Gasteiger charge is -2.20. The Morgan fingerprint density at radius 1 is 1.21 bits per heavy atom. The van der Waals surface area contributed by atoms with Crippen LogP contribution in [0.5, 0.6) is 0 Å². The van der Waals surface area contributed by atoms with Crippen LogP contribution in [0.1, 0.15) is 50.4 Å². The first-order valence-corrected chi connectivity index (χ1v) is 9.90. The van der Waals surface area contributed by atoms with Crippen molar-refractivity contribution in [1.82, 2.24) is 10.6 Å². The van der Waals surface area contributed by atoms with Gasteiger partial charge in [-0.1, -0.05) is 30.3 Å². The average molecular weight is 515 g/mol. The van der Waals surface area contributed by atoms with Crippen molar-refractivity contribution in [2.45, 2.75) is 45.8 Å². The van der Waals surface area contributed by atoms with E-state index in [1.165, 1.54) is 5.56 Å². The van der Waals surface area contributed by atoms with Gasteiger partial charge in [0.05, 0.1) is 12.6 Å². The summed E-state index contributed by atoms with van der Waals surface area (Å²) in [5.41, 5.74) is 0.0333. The van der Waals surface area contributed by atoms with Crippen LogP contribution in [0.4, 0.5) is 0 Å². The summed E-state index contributed by atoms with van der Waals surface area (Å²) in [4.78, 5) is 4.49. The maximum Gasteiger partial charge on any atom is 0.191 e. The molecule has 3 N–H and O–H groups in total. The highest BCUT2D eigenvalue weighted by Gasteiger charge is 2.26. The van der Waals surface area contributed by atoms with E-state index in [1.54, 1.807) is 13.0 Å². The van der Waals surface area contributed by atoms with Gasteiger partial charge in [0.1, 0.15) is 17.1 Å². The van der Waals surface area contributed by atoms with Gasteiger partial charge in [-0.3, -0.25) is 0 Å². The number of ether oxygens (including phenoxy) is 1. The molecular weight excluding hydrogens is 481 g/mol. The molecule has 0 amide bonds. The van der Waals surface area contributed by atoms with Crippen LogP contribution in [-0.4, -0.2) is 37.3 Å². The molecule has 0 spiro atoms. The second-order valence-corrected chi connectivity index (χ2v) is 7.08. The first-order valence-electron chi connectivity index (χ1n) is 9.90. The van der Waals surface area contributed by atoms with Gasteiger partial charge in [0.25, 0.3) is 0 Å². The molecule has 0 radical (unpaired) electrons. The van der Waals surface area contributed by atoms with Gasteiger partial charge >= 0.3 is 0 Å². The van der Waals surface area contributed by atoms with E-state index in [2.05, 4.69) is 34.7 Å². The molecule has 7 heteroatoms. The molecule has 0 fully saturated rings. The Bertz CT molecular complexity index is 732. The number of benzene rings is 1. The highest BCUT2D eigenvalue weighted by molar-refractivity contribution is 14.0. The van der Waals surface area contributed by atoms with Gasteiger partial charge in [0, 0.05) is 19.7 Å². The third kappa shape index (κ3) is 8.76. The predicted molar refractivity (Wildman–Crippen MR) is 128 cm³/mol. The average Bonchev–Trinajstić information content (AvgIpc) is 3.13. The minimum absolute atomic E-state index is 0. The van der Waals surface area contributed by atoms with E-state index in [0.29, 0.717) is 18.3 Å². The number of rotatable bonds is 10. The molecule has 1 heterocycles. The molecule has 2 unspecified atom stereocenters. The summed E-state index contributed by atoms with van der Waals surface area (Å²) in [7, 11) is 0. The number of halogens is 1. The summed E-state index contributed by atoms with van der Waals surface area (Å²) in [6.07, 6.45) is 0.935. The van der Waals surface area contributed by atoms with Crippen LogP contribution in [0.2, 0.25) is 0 Å². The zero-order valence-electron chi connectivity index (χ0n) is 17.8. The normalized spacial score (nSPS) is 14.6. The number of nitrogens with one attached hydrogen (secondary N) is 2. The second-order valence-electron chi connectivity index (χ2n) is 7.08. The molecule has 0 saturated heterocycles. The van der Waals surface area contributed by atoms with Crippen molar-refractivity contribution in [3.8, 4) is 0 Å². The molecule has 2 atom stereocenters. The van der Waals surface area contributed by atoms with Gasteiger partial charge < -0.3 is 24.9 Å². The number of aliphatic hydroxyl groups is 1. The molecule has 2 rings (SSSR count). The highest BCUT2D eigenvalue weighted by Crippen LogP contribution is 2.23. The monoisotopic (exact) mass is 515 g/mol. The fourth-order valence-electron chi connectivity index (χ4n) is 2.74. The van der Waals surface area contributed by atoms with Crippen molar-refractivity contribution in [3.63, 3.8) is 0 Å². The van der Waals surface area contributed by atoms with Crippen LogP contribution in [0.3, 0.4) is 0 Å². The first kappa shape index (κ1) is 25.5. The molecule has 6 nitrogen and oxygen atoms in total. The minimum atomic E-state index is -1.15. The molecule has 0 saturated carbocycles. The van der Waals surface area contributed by atoms with Crippen LogP contribution in [0.15, 0.2) is 51.9 Å². The molecule has 1 aromatic carbocycles. The van der Waals surface area contributed by atoms with Crippen LogP contribution in [0.25, 0.3) is 0 Å². The molecule has 0 bridgehead atoms. The maximum atomic E-state index is 10.6. The Hall–Kier alpha value is -1.58.